The van der Waals surface area contributed by atoms with Crippen LogP contribution in [0.4, 0.5) is 0 Å². The summed E-state index contributed by atoms with van der Waals surface area (Å²) in [7, 11) is 1.59. The molecule has 1 aromatic rings. The number of aliphatic hydroxyl groups excluding tert-OH is 1. The van der Waals surface area contributed by atoms with Crippen LogP contribution in [0.25, 0.3) is 0 Å². The second-order valence-electron chi connectivity index (χ2n) is 3.74. The van der Waals surface area contributed by atoms with Crippen molar-refractivity contribution in [3.05, 3.63) is 23.9 Å². The molecule has 1 saturated carbocycles. The fourth-order valence-electron chi connectivity index (χ4n) is 1.71. The van der Waals surface area contributed by atoms with Crippen LogP contribution in [0.2, 0.25) is 0 Å². The van der Waals surface area contributed by atoms with E-state index in [9.17, 15) is 5.11 Å². The van der Waals surface area contributed by atoms with Gasteiger partial charge in [0.2, 0.25) is 5.88 Å². The first-order valence-corrected chi connectivity index (χ1v) is 5.00. The number of hydrogen-bond donors (Lipinski definition) is 1. The Kier molecular flexibility index (Phi) is 2.68. The van der Waals surface area contributed by atoms with Gasteiger partial charge in [0.15, 0.2) is 0 Å². The topological polar surface area (TPSA) is 42.4 Å². The van der Waals surface area contributed by atoms with E-state index in [0.29, 0.717) is 11.8 Å². The monoisotopic (exact) mass is 193 g/mol. The van der Waals surface area contributed by atoms with Gasteiger partial charge in [0.1, 0.15) is 0 Å². The number of rotatable bonds is 3. The third kappa shape index (κ3) is 1.73. The summed E-state index contributed by atoms with van der Waals surface area (Å²) in [4.78, 5) is 4.22. The normalized spacial score (nSPS) is 18.7. The smallest absolute Gasteiger partial charge is 0.213 e. The van der Waals surface area contributed by atoms with E-state index in [1.807, 2.05) is 12.1 Å². The quantitative estimate of drug-likeness (QED) is 0.797. The Bertz CT molecular complexity index is 310. The lowest BCUT2D eigenvalue weighted by Gasteiger charge is -2.29. The summed E-state index contributed by atoms with van der Waals surface area (Å²) in [5, 5.41) is 9.94. The first-order chi connectivity index (χ1) is 6.81. The van der Waals surface area contributed by atoms with Crippen LogP contribution in [-0.2, 0) is 0 Å². The molecule has 1 aliphatic rings. The minimum Gasteiger partial charge on any atom is -0.481 e. The van der Waals surface area contributed by atoms with E-state index >= 15 is 0 Å². The molecule has 0 bridgehead atoms. The van der Waals surface area contributed by atoms with Gasteiger partial charge in [-0.3, -0.25) is 0 Å². The molecule has 2 rings (SSSR count). The molecule has 0 aliphatic heterocycles. The van der Waals surface area contributed by atoms with E-state index in [1.54, 1.807) is 13.2 Å². The van der Waals surface area contributed by atoms with Gasteiger partial charge in [-0.2, -0.15) is 0 Å². The summed E-state index contributed by atoms with van der Waals surface area (Å²) in [6, 6.07) is 5.51. The third-order valence-corrected chi connectivity index (χ3v) is 2.85. The van der Waals surface area contributed by atoms with Gasteiger partial charge in [0.25, 0.3) is 0 Å². The van der Waals surface area contributed by atoms with E-state index in [2.05, 4.69) is 4.98 Å². The van der Waals surface area contributed by atoms with Gasteiger partial charge in [0.05, 0.1) is 18.9 Å². The molecule has 1 aromatic heterocycles. The first-order valence-electron chi connectivity index (χ1n) is 5.00. The molecule has 1 aliphatic carbocycles. The van der Waals surface area contributed by atoms with E-state index in [0.717, 1.165) is 18.5 Å². The van der Waals surface area contributed by atoms with Gasteiger partial charge in [-0.05, 0) is 24.8 Å². The number of aromatic nitrogens is 1. The van der Waals surface area contributed by atoms with Gasteiger partial charge in [-0.15, -0.1) is 0 Å². The Morgan fingerprint density at radius 3 is 2.86 bits per heavy atom. The number of hydrogen-bond acceptors (Lipinski definition) is 3. The zero-order valence-electron chi connectivity index (χ0n) is 8.31. The molecule has 1 heterocycles. The Balaban J connectivity index is 2.13. The zero-order chi connectivity index (χ0) is 9.97. The maximum absolute atomic E-state index is 9.94. The molecule has 0 aromatic carbocycles. The molecule has 0 spiro atoms. The molecule has 14 heavy (non-hydrogen) atoms. The first kappa shape index (κ1) is 9.46. The summed E-state index contributed by atoms with van der Waals surface area (Å²) in [6.45, 7) is 0. The lowest BCUT2D eigenvalue weighted by atomic mass is 9.80. The Hall–Kier alpha value is -1.09. The van der Waals surface area contributed by atoms with Crippen LogP contribution < -0.4 is 4.74 Å². The molecular formula is C11H15NO2. The second kappa shape index (κ2) is 3.96. The maximum Gasteiger partial charge on any atom is 0.213 e. The highest BCUT2D eigenvalue weighted by Crippen LogP contribution is 2.37. The predicted octanol–water partition coefficient (Wildman–Crippen LogP) is 1.92. The molecule has 3 nitrogen and oxygen atoms in total. The SMILES string of the molecule is COc1cccc(C(O)C2CCC2)n1. The van der Waals surface area contributed by atoms with Gasteiger partial charge in [-0.25, -0.2) is 4.98 Å². The van der Waals surface area contributed by atoms with Crippen LogP contribution in [0, 0.1) is 5.92 Å². The molecule has 1 unspecified atom stereocenters. The molecule has 1 atom stereocenters. The number of pyridine rings is 1. The minimum atomic E-state index is -0.418. The highest BCUT2D eigenvalue weighted by atomic mass is 16.5. The highest BCUT2D eigenvalue weighted by molar-refractivity contribution is 5.18. The van der Waals surface area contributed by atoms with E-state index < -0.39 is 6.10 Å². The van der Waals surface area contributed by atoms with E-state index in [1.165, 1.54) is 6.42 Å². The predicted molar refractivity (Wildman–Crippen MR) is 53.1 cm³/mol. The number of aliphatic hydroxyl groups is 1. The molecule has 1 fully saturated rings. The minimum absolute atomic E-state index is 0.398. The fourth-order valence-corrected chi connectivity index (χ4v) is 1.71. The summed E-state index contributed by atoms with van der Waals surface area (Å²) in [5.74, 6) is 0.968. The van der Waals surface area contributed by atoms with Crippen molar-refractivity contribution < 1.29 is 9.84 Å². The summed E-state index contributed by atoms with van der Waals surface area (Å²) in [6.07, 6.45) is 3.03. The van der Waals surface area contributed by atoms with Crippen LogP contribution in [0.1, 0.15) is 31.1 Å². The number of methoxy groups -OCH3 is 1. The molecular weight excluding hydrogens is 178 g/mol. The summed E-state index contributed by atoms with van der Waals surface area (Å²) < 4.78 is 5.01. The lowest BCUT2D eigenvalue weighted by Crippen LogP contribution is -2.20. The lowest BCUT2D eigenvalue weighted by molar-refractivity contribution is 0.0582. The summed E-state index contributed by atoms with van der Waals surface area (Å²) in [5.41, 5.74) is 0.731. The molecule has 76 valence electrons. The Labute approximate surface area is 83.7 Å². The van der Waals surface area contributed by atoms with Gasteiger partial charge in [-0.1, -0.05) is 12.5 Å². The number of nitrogens with zero attached hydrogens (tertiary/aromatic N) is 1. The average Bonchev–Trinajstić information content (AvgIpc) is 2.15. The molecule has 0 saturated heterocycles. The standard InChI is InChI=1S/C11H15NO2/c1-14-10-7-3-6-9(12-10)11(13)8-4-2-5-8/h3,6-8,11,13H,2,4-5H2,1H3. The maximum atomic E-state index is 9.94. The van der Waals surface area contributed by atoms with Crippen LogP contribution in [0.3, 0.4) is 0 Å². The van der Waals surface area contributed by atoms with Crippen molar-refractivity contribution in [3.8, 4) is 5.88 Å². The largest absolute Gasteiger partial charge is 0.481 e. The third-order valence-electron chi connectivity index (χ3n) is 2.85. The van der Waals surface area contributed by atoms with Crippen LogP contribution in [0.15, 0.2) is 18.2 Å². The van der Waals surface area contributed by atoms with Crippen LogP contribution in [0.5, 0.6) is 5.88 Å². The Morgan fingerprint density at radius 2 is 2.29 bits per heavy atom. The highest BCUT2D eigenvalue weighted by Gasteiger charge is 2.27. The average molecular weight is 193 g/mol. The van der Waals surface area contributed by atoms with Crippen molar-refractivity contribution in [1.29, 1.82) is 0 Å². The molecule has 3 heteroatoms. The van der Waals surface area contributed by atoms with Crippen molar-refractivity contribution in [3.63, 3.8) is 0 Å². The van der Waals surface area contributed by atoms with Crippen molar-refractivity contribution in [2.24, 2.45) is 5.92 Å². The molecule has 1 N–H and O–H groups in total. The summed E-state index contributed by atoms with van der Waals surface area (Å²) >= 11 is 0. The van der Waals surface area contributed by atoms with E-state index in [-0.39, 0.29) is 0 Å². The van der Waals surface area contributed by atoms with Crippen molar-refractivity contribution >= 4 is 0 Å². The molecule has 0 radical (unpaired) electrons. The van der Waals surface area contributed by atoms with Crippen LogP contribution in [-0.4, -0.2) is 17.2 Å². The van der Waals surface area contributed by atoms with Gasteiger partial charge < -0.3 is 9.84 Å². The second-order valence-corrected chi connectivity index (χ2v) is 3.74. The van der Waals surface area contributed by atoms with Gasteiger partial charge in [0, 0.05) is 6.07 Å². The zero-order valence-corrected chi connectivity index (χ0v) is 8.31. The number of ether oxygens (including phenoxy) is 1. The Morgan fingerprint density at radius 1 is 1.50 bits per heavy atom. The van der Waals surface area contributed by atoms with E-state index in [4.69, 9.17) is 4.74 Å². The van der Waals surface area contributed by atoms with Crippen molar-refractivity contribution in [2.75, 3.05) is 7.11 Å². The van der Waals surface area contributed by atoms with Crippen molar-refractivity contribution in [1.82, 2.24) is 4.98 Å². The fraction of sp³-hybridized carbons (Fsp3) is 0.545. The molecule has 0 amide bonds. The van der Waals surface area contributed by atoms with Crippen LogP contribution >= 0.6 is 0 Å². The van der Waals surface area contributed by atoms with Crippen molar-refractivity contribution in [2.45, 2.75) is 25.4 Å². The van der Waals surface area contributed by atoms with Gasteiger partial charge >= 0.3 is 0 Å².